The van der Waals surface area contributed by atoms with Gasteiger partial charge < -0.3 is 14.8 Å². The van der Waals surface area contributed by atoms with Crippen LogP contribution in [-0.2, 0) is 4.79 Å². The fourth-order valence-corrected chi connectivity index (χ4v) is 2.17. The first-order chi connectivity index (χ1) is 12.7. The number of benzene rings is 3. The van der Waals surface area contributed by atoms with E-state index in [1.165, 1.54) is 6.26 Å². The molecule has 0 aliphatic carbocycles. The quantitative estimate of drug-likeness (QED) is 0.480. The second-order valence-corrected chi connectivity index (χ2v) is 5.63. The first-order valence-corrected chi connectivity index (χ1v) is 8.23. The van der Waals surface area contributed by atoms with E-state index in [1.54, 1.807) is 19.1 Å². The summed E-state index contributed by atoms with van der Waals surface area (Å²) in [5.74, 6) is 1.90. The van der Waals surface area contributed by atoms with Crippen molar-refractivity contribution in [2.24, 2.45) is 0 Å². The topological polar surface area (TPSA) is 47.6 Å². The van der Waals surface area contributed by atoms with E-state index in [0.29, 0.717) is 17.1 Å². The normalized spacial score (nSPS) is 10.9. The van der Waals surface area contributed by atoms with Crippen molar-refractivity contribution in [1.82, 2.24) is 0 Å². The molecule has 0 aliphatic rings. The van der Waals surface area contributed by atoms with Gasteiger partial charge in [-0.15, -0.1) is 0 Å². The van der Waals surface area contributed by atoms with Gasteiger partial charge in [0.15, 0.2) is 0 Å². The summed E-state index contributed by atoms with van der Waals surface area (Å²) in [5.41, 5.74) is 1.21. The number of amides is 1. The van der Waals surface area contributed by atoms with Gasteiger partial charge in [0.25, 0.3) is 5.91 Å². The van der Waals surface area contributed by atoms with Crippen LogP contribution in [0.2, 0.25) is 0 Å². The number of hydrogen-bond donors (Lipinski definition) is 1. The number of nitrogens with one attached hydrogen (secondary N) is 1. The predicted molar refractivity (Wildman–Crippen MR) is 102 cm³/mol. The summed E-state index contributed by atoms with van der Waals surface area (Å²) in [6, 6.07) is 26.0. The van der Waals surface area contributed by atoms with Gasteiger partial charge in [-0.3, -0.25) is 4.79 Å². The maximum Gasteiger partial charge on any atom is 0.254 e. The molecule has 1 N–H and O–H groups in total. The van der Waals surface area contributed by atoms with Gasteiger partial charge in [0.1, 0.15) is 17.2 Å². The van der Waals surface area contributed by atoms with Crippen LogP contribution in [0.25, 0.3) is 0 Å². The van der Waals surface area contributed by atoms with Crippen LogP contribution >= 0.6 is 0 Å². The number of carbonyl (C=O) groups excluding carboxylic acids is 1. The average molecular weight is 345 g/mol. The van der Waals surface area contributed by atoms with Crippen molar-refractivity contribution < 1.29 is 14.3 Å². The Kier molecular flexibility index (Phi) is 5.68. The number of anilines is 1. The van der Waals surface area contributed by atoms with Crippen molar-refractivity contribution >= 4 is 11.6 Å². The molecular formula is C22H19NO3. The molecule has 0 bridgehead atoms. The molecule has 4 nitrogen and oxygen atoms in total. The van der Waals surface area contributed by atoms with Crippen LogP contribution in [0.15, 0.2) is 96.8 Å². The molecule has 0 fully saturated rings. The predicted octanol–water partition coefficient (Wildman–Crippen LogP) is 5.40. The second-order valence-electron chi connectivity index (χ2n) is 5.63. The highest BCUT2D eigenvalue weighted by molar-refractivity contribution is 6.03. The molecule has 0 heterocycles. The molecule has 0 aromatic heterocycles. The molecule has 3 aromatic carbocycles. The Morgan fingerprint density at radius 3 is 1.96 bits per heavy atom. The third-order valence-electron chi connectivity index (χ3n) is 3.56. The van der Waals surface area contributed by atoms with E-state index in [0.717, 1.165) is 11.4 Å². The van der Waals surface area contributed by atoms with Crippen LogP contribution in [0, 0.1) is 0 Å². The Morgan fingerprint density at radius 2 is 1.31 bits per heavy atom. The first kappa shape index (κ1) is 17.3. The van der Waals surface area contributed by atoms with Gasteiger partial charge in [-0.2, -0.15) is 0 Å². The molecule has 1 amide bonds. The van der Waals surface area contributed by atoms with Crippen molar-refractivity contribution in [1.29, 1.82) is 0 Å². The summed E-state index contributed by atoms with van der Waals surface area (Å²) in [7, 11) is 0. The van der Waals surface area contributed by atoms with E-state index in [4.69, 9.17) is 9.47 Å². The lowest BCUT2D eigenvalue weighted by Gasteiger charge is -2.07. The van der Waals surface area contributed by atoms with Crippen molar-refractivity contribution in [3.05, 3.63) is 96.8 Å². The van der Waals surface area contributed by atoms with E-state index in [2.05, 4.69) is 5.32 Å². The number of hydrogen-bond acceptors (Lipinski definition) is 3. The van der Waals surface area contributed by atoms with Crippen molar-refractivity contribution in [3.63, 3.8) is 0 Å². The average Bonchev–Trinajstić information content (AvgIpc) is 2.69. The van der Waals surface area contributed by atoms with E-state index in [9.17, 15) is 4.79 Å². The smallest absolute Gasteiger partial charge is 0.254 e. The summed E-state index contributed by atoms with van der Waals surface area (Å²) < 4.78 is 11.3. The molecule has 0 aliphatic heterocycles. The second kappa shape index (κ2) is 8.53. The van der Waals surface area contributed by atoms with E-state index >= 15 is 0 Å². The van der Waals surface area contributed by atoms with E-state index in [1.807, 2.05) is 72.8 Å². The lowest BCUT2D eigenvalue weighted by molar-refractivity contribution is -0.112. The summed E-state index contributed by atoms with van der Waals surface area (Å²) in [6.45, 7) is 1.70. The van der Waals surface area contributed by atoms with Gasteiger partial charge in [-0.25, -0.2) is 0 Å². The minimum Gasteiger partial charge on any atom is -0.465 e. The fraction of sp³-hybridized carbons (Fsp3) is 0.0455. The number of ether oxygens (including phenoxy) is 2. The molecular weight excluding hydrogens is 326 g/mol. The zero-order valence-electron chi connectivity index (χ0n) is 14.4. The third-order valence-corrected chi connectivity index (χ3v) is 3.56. The Labute approximate surface area is 152 Å². The molecule has 130 valence electrons. The maximum absolute atomic E-state index is 12.1. The zero-order chi connectivity index (χ0) is 18.2. The van der Waals surface area contributed by atoms with E-state index < -0.39 is 0 Å². The van der Waals surface area contributed by atoms with Gasteiger partial charge in [0, 0.05) is 11.3 Å². The molecule has 3 rings (SSSR count). The fourth-order valence-electron chi connectivity index (χ4n) is 2.17. The Bertz CT molecular complexity index is 872. The van der Waals surface area contributed by atoms with Crippen molar-refractivity contribution in [2.75, 3.05) is 5.32 Å². The number of rotatable bonds is 6. The van der Waals surface area contributed by atoms with Gasteiger partial charge in [-0.05, 0) is 55.5 Å². The van der Waals surface area contributed by atoms with Crippen LogP contribution in [0.3, 0.4) is 0 Å². The summed E-state index contributed by atoms with van der Waals surface area (Å²) in [6.07, 6.45) is 1.44. The lowest BCUT2D eigenvalue weighted by Crippen LogP contribution is -2.13. The van der Waals surface area contributed by atoms with Crippen molar-refractivity contribution in [3.8, 4) is 17.2 Å². The first-order valence-electron chi connectivity index (χ1n) is 8.23. The van der Waals surface area contributed by atoms with Gasteiger partial charge in [-0.1, -0.05) is 36.4 Å². The minimum absolute atomic E-state index is 0.208. The Morgan fingerprint density at radius 1 is 0.769 bits per heavy atom. The van der Waals surface area contributed by atoms with E-state index in [-0.39, 0.29) is 5.91 Å². The molecule has 0 unspecified atom stereocenters. The standard InChI is InChI=1S/C22H19NO3/c1-17(22(24)23-18-8-4-2-5-9-18)16-25-19-12-14-21(15-13-19)26-20-10-6-3-7-11-20/h2-16H,1H3,(H,23,24)/b17-16+. The number of carbonyl (C=O) groups is 1. The highest BCUT2D eigenvalue weighted by Gasteiger charge is 2.05. The monoisotopic (exact) mass is 345 g/mol. The summed E-state index contributed by atoms with van der Waals surface area (Å²) in [5, 5.41) is 2.81. The van der Waals surface area contributed by atoms with Crippen LogP contribution < -0.4 is 14.8 Å². The van der Waals surface area contributed by atoms with Crippen LogP contribution in [0.5, 0.6) is 17.2 Å². The molecule has 0 atom stereocenters. The Hall–Kier alpha value is -3.53. The summed E-state index contributed by atoms with van der Waals surface area (Å²) in [4.78, 5) is 12.1. The third kappa shape index (κ3) is 4.98. The highest BCUT2D eigenvalue weighted by Crippen LogP contribution is 2.23. The molecule has 3 aromatic rings. The molecule has 26 heavy (non-hydrogen) atoms. The number of para-hydroxylation sites is 2. The van der Waals surface area contributed by atoms with Gasteiger partial charge in [0.05, 0.1) is 6.26 Å². The zero-order valence-corrected chi connectivity index (χ0v) is 14.4. The largest absolute Gasteiger partial charge is 0.465 e. The molecule has 0 radical (unpaired) electrons. The minimum atomic E-state index is -0.208. The van der Waals surface area contributed by atoms with Crippen LogP contribution in [0.4, 0.5) is 5.69 Å². The summed E-state index contributed by atoms with van der Waals surface area (Å²) >= 11 is 0. The van der Waals surface area contributed by atoms with Gasteiger partial charge >= 0.3 is 0 Å². The molecule has 0 saturated heterocycles. The van der Waals surface area contributed by atoms with Crippen LogP contribution in [-0.4, -0.2) is 5.91 Å². The van der Waals surface area contributed by atoms with Crippen LogP contribution in [0.1, 0.15) is 6.92 Å². The lowest BCUT2D eigenvalue weighted by atomic mass is 10.2. The van der Waals surface area contributed by atoms with Gasteiger partial charge in [0.2, 0.25) is 0 Å². The highest BCUT2D eigenvalue weighted by atomic mass is 16.5. The Balaban J connectivity index is 1.56. The SMILES string of the molecule is C/C(=C\Oc1ccc(Oc2ccccc2)cc1)C(=O)Nc1ccccc1. The molecule has 0 saturated carbocycles. The molecule has 0 spiro atoms. The molecule has 4 heteroatoms. The maximum atomic E-state index is 12.1. The van der Waals surface area contributed by atoms with Crippen molar-refractivity contribution in [2.45, 2.75) is 6.92 Å².